The highest BCUT2D eigenvalue weighted by atomic mass is 35.5. The van der Waals surface area contributed by atoms with Gasteiger partial charge in [-0.3, -0.25) is 0 Å². The molecule has 2 heterocycles. The minimum atomic E-state index is -3.50. The van der Waals surface area contributed by atoms with Crippen molar-refractivity contribution in [1.82, 2.24) is 14.6 Å². The molecule has 0 radical (unpaired) electrons. The zero-order chi connectivity index (χ0) is 15.5. The summed E-state index contributed by atoms with van der Waals surface area (Å²) in [5, 5.41) is 0. The van der Waals surface area contributed by atoms with Gasteiger partial charge in [-0.15, -0.1) is 0 Å². The van der Waals surface area contributed by atoms with Crippen LogP contribution >= 0.6 is 22.9 Å². The van der Waals surface area contributed by atoms with E-state index in [1.54, 1.807) is 6.92 Å². The van der Waals surface area contributed by atoms with E-state index >= 15 is 0 Å². The minimum Gasteiger partial charge on any atom is -0.303 e. The van der Waals surface area contributed by atoms with Crippen molar-refractivity contribution >= 4 is 33.0 Å². The van der Waals surface area contributed by atoms with Crippen molar-refractivity contribution in [2.24, 2.45) is 0 Å². The molecule has 0 aliphatic carbocycles. The van der Waals surface area contributed by atoms with Gasteiger partial charge in [0.25, 0.3) is 10.0 Å². The standard InChI is InChI=1S/C13H22ClN3O2S2/c1-3-4-7-17-8-5-11(6-9-17)16-21(18,19)12-10(2)15-13(14)20-12/h11,16H,3-9H2,1-2H3. The zero-order valence-electron chi connectivity index (χ0n) is 12.4. The lowest BCUT2D eigenvalue weighted by molar-refractivity contribution is 0.205. The number of likely N-dealkylation sites (tertiary alicyclic amines) is 1. The Bertz CT molecular complexity index is 566. The van der Waals surface area contributed by atoms with Gasteiger partial charge in [0, 0.05) is 6.04 Å². The first kappa shape index (κ1) is 17.1. The van der Waals surface area contributed by atoms with E-state index in [0.717, 1.165) is 43.8 Å². The zero-order valence-corrected chi connectivity index (χ0v) is 14.8. The highest BCUT2D eigenvalue weighted by Crippen LogP contribution is 2.27. The third-order valence-corrected chi connectivity index (χ3v) is 7.10. The fourth-order valence-electron chi connectivity index (χ4n) is 2.53. The first-order valence-corrected chi connectivity index (χ1v) is 9.97. The van der Waals surface area contributed by atoms with Gasteiger partial charge >= 0.3 is 0 Å². The molecule has 0 bridgehead atoms. The third kappa shape index (κ3) is 4.63. The smallest absolute Gasteiger partial charge is 0.252 e. The molecule has 1 aliphatic rings. The topological polar surface area (TPSA) is 62.3 Å². The summed E-state index contributed by atoms with van der Waals surface area (Å²) in [5.74, 6) is 0. The maximum Gasteiger partial charge on any atom is 0.252 e. The van der Waals surface area contributed by atoms with Crippen LogP contribution in [-0.4, -0.2) is 44.0 Å². The number of nitrogens with one attached hydrogen (secondary N) is 1. The lowest BCUT2D eigenvalue weighted by Crippen LogP contribution is -2.44. The van der Waals surface area contributed by atoms with Gasteiger partial charge in [0.1, 0.15) is 0 Å². The molecule has 21 heavy (non-hydrogen) atoms. The van der Waals surface area contributed by atoms with Crippen LogP contribution in [0.5, 0.6) is 0 Å². The highest BCUT2D eigenvalue weighted by Gasteiger charge is 2.27. The summed E-state index contributed by atoms with van der Waals surface area (Å²) in [5.41, 5.74) is 0.470. The number of halogens is 1. The lowest BCUT2D eigenvalue weighted by atomic mass is 10.1. The molecule has 1 saturated heterocycles. The van der Waals surface area contributed by atoms with Crippen molar-refractivity contribution in [3.05, 3.63) is 10.2 Å². The molecule has 1 aliphatic heterocycles. The van der Waals surface area contributed by atoms with E-state index in [1.165, 1.54) is 12.8 Å². The van der Waals surface area contributed by atoms with Crippen molar-refractivity contribution < 1.29 is 8.42 Å². The predicted molar refractivity (Wildman–Crippen MR) is 86.6 cm³/mol. The van der Waals surface area contributed by atoms with Crippen molar-refractivity contribution in [1.29, 1.82) is 0 Å². The summed E-state index contributed by atoms with van der Waals surface area (Å²) in [7, 11) is -3.50. The van der Waals surface area contributed by atoms with Crippen molar-refractivity contribution in [3.8, 4) is 0 Å². The van der Waals surface area contributed by atoms with Gasteiger partial charge in [0.2, 0.25) is 0 Å². The third-order valence-electron chi connectivity index (χ3n) is 3.71. The first-order chi connectivity index (χ1) is 9.92. The normalized spacial score (nSPS) is 18.2. The fraction of sp³-hybridized carbons (Fsp3) is 0.769. The van der Waals surface area contributed by atoms with Crippen LogP contribution < -0.4 is 4.72 Å². The van der Waals surface area contributed by atoms with E-state index in [2.05, 4.69) is 21.5 Å². The molecule has 2 rings (SSSR count). The summed E-state index contributed by atoms with van der Waals surface area (Å²) >= 11 is 6.81. The van der Waals surface area contributed by atoms with Gasteiger partial charge in [0.15, 0.2) is 8.68 Å². The molecule has 0 unspecified atom stereocenters. The predicted octanol–water partition coefficient (Wildman–Crippen LogP) is 2.65. The molecule has 1 fully saturated rings. The maximum absolute atomic E-state index is 12.4. The molecule has 120 valence electrons. The molecule has 1 N–H and O–H groups in total. The van der Waals surface area contributed by atoms with Gasteiger partial charge in [-0.25, -0.2) is 18.1 Å². The Balaban J connectivity index is 1.92. The van der Waals surface area contributed by atoms with Gasteiger partial charge in [-0.05, 0) is 45.8 Å². The molecule has 5 nitrogen and oxygen atoms in total. The molecule has 0 spiro atoms. The van der Waals surface area contributed by atoms with Gasteiger partial charge in [-0.1, -0.05) is 36.3 Å². The Kier molecular flexibility index (Phi) is 6.02. The number of aryl methyl sites for hydroxylation is 1. The Morgan fingerprint density at radius 3 is 2.62 bits per heavy atom. The second-order valence-corrected chi connectivity index (χ2v) is 8.92. The lowest BCUT2D eigenvalue weighted by Gasteiger charge is -2.32. The van der Waals surface area contributed by atoms with E-state index in [4.69, 9.17) is 11.6 Å². The molecule has 0 amide bonds. The SMILES string of the molecule is CCCCN1CCC(NS(=O)(=O)c2sc(Cl)nc2C)CC1. The van der Waals surface area contributed by atoms with Crippen LogP contribution in [0, 0.1) is 6.92 Å². The average molecular weight is 352 g/mol. The van der Waals surface area contributed by atoms with Crippen LogP contribution in [0.2, 0.25) is 4.47 Å². The number of hydrogen-bond acceptors (Lipinski definition) is 5. The Hall–Kier alpha value is -0.210. The summed E-state index contributed by atoms with van der Waals surface area (Å²) < 4.78 is 28.1. The summed E-state index contributed by atoms with van der Waals surface area (Å²) in [4.78, 5) is 6.38. The molecular formula is C13H22ClN3O2S2. The molecule has 0 atom stereocenters. The van der Waals surface area contributed by atoms with E-state index in [0.29, 0.717) is 5.69 Å². The van der Waals surface area contributed by atoms with Crippen molar-refractivity contribution in [2.75, 3.05) is 19.6 Å². The van der Waals surface area contributed by atoms with E-state index in [9.17, 15) is 8.42 Å². The van der Waals surface area contributed by atoms with Crippen molar-refractivity contribution in [2.45, 2.75) is 49.8 Å². The number of sulfonamides is 1. The first-order valence-electron chi connectivity index (χ1n) is 7.30. The number of thiazole rings is 1. The van der Waals surface area contributed by atoms with Crippen LogP contribution in [0.4, 0.5) is 0 Å². The average Bonchev–Trinajstić information content (AvgIpc) is 2.77. The van der Waals surface area contributed by atoms with Crippen molar-refractivity contribution in [3.63, 3.8) is 0 Å². The number of rotatable bonds is 6. The summed E-state index contributed by atoms with van der Waals surface area (Å²) in [6, 6.07) is 0.00755. The van der Waals surface area contributed by atoms with Gasteiger partial charge in [-0.2, -0.15) is 0 Å². The second-order valence-electron chi connectivity index (χ2n) is 5.43. The Morgan fingerprint density at radius 2 is 2.10 bits per heavy atom. The van der Waals surface area contributed by atoms with Crippen LogP contribution in [0.1, 0.15) is 38.3 Å². The molecule has 8 heteroatoms. The molecule has 0 saturated carbocycles. The van der Waals surface area contributed by atoms with Crippen LogP contribution in [0.3, 0.4) is 0 Å². The molecule has 1 aromatic heterocycles. The largest absolute Gasteiger partial charge is 0.303 e. The van der Waals surface area contributed by atoms with Crippen LogP contribution in [0.25, 0.3) is 0 Å². The Labute approximate surface area is 135 Å². The van der Waals surface area contributed by atoms with Crippen LogP contribution in [-0.2, 0) is 10.0 Å². The summed E-state index contributed by atoms with van der Waals surface area (Å²) in [6.07, 6.45) is 4.11. The second kappa shape index (κ2) is 7.37. The van der Waals surface area contributed by atoms with Gasteiger partial charge in [0.05, 0.1) is 5.69 Å². The van der Waals surface area contributed by atoms with Gasteiger partial charge < -0.3 is 4.90 Å². The monoisotopic (exact) mass is 351 g/mol. The van der Waals surface area contributed by atoms with E-state index in [1.807, 2.05) is 0 Å². The maximum atomic E-state index is 12.4. The fourth-order valence-corrected chi connectivity index (χ4v) is 5.59. The minimum absolute atomic E-state index is 0.00755. The Morgan fingerprint density at radius 1 is 1.43 bits per heavy atom. The number of aromatic nitrogens is 1. The molecule has 0 aromatic carbocycles. The number of unbranched alkanes of at least 4 members (excludes halogenated alkanes) is 1. The van der Waals surface area contributed by atoms with E-state index in [-0.39, 0.29) is 14.7 Å². The number of nitrogens with zero attached hydrogens (tertiary/aromatic N) is 2. The molecule has 1 aromatic rings. The van der Waals surface area contributed by atoms with E-state index < -0.39 is 10.0 Å². The molecular weight excluding hydrogens is 330 g/mol. The number of piperidine rings is 1. The summed E-state index contributed by atoms with van der Waals surface area (Å²) in [6.45, 7) is 6.87. The quantitative estimate of drug-likeness (QED) is 0.855. The highest BCUT2D eigenvalue weighted by molar-refractivity contribution is 7.91. The number of hydrogen-bond donors (Lipinski definition) is 1. The van der Waals surface area contributed by atoms with Crippen LogP contribution in [0.15, 0.2) is 4.21 Å².